The number of ether oxygens (including phenoxy) is 1. The van der Waals surface area contributed by atoms with Gasteiger partial charge in [-0.15, -0.1) is 11.3 Å². The monoisotopic (exact) mass is 288 g/mol. The third-order valence-electron chi connectivity index (χ3n) is 3.80. The molecule has 0 aromatic carbocycles. The van der Waals surface area contributed by atoms with Crippen molar-refractivity contribution in [1.29, 1.82) is 0 Å². The second-order valence-corrected chi connectivity index (χ2v) is 6.63. The minimum absolute atomic E-state index is 0.0376. The Morgan fingerprint density at radius 2 is 2.11 bits per heavy atom. The Hall–Kier alpha value is -0.130. The fourth-order valence-electron chi connectivity index (χ4n) is 2.90. The molecule has 1 aromatic heterocycles. The molecule has 1 saturated carbocycles. The number of methoxy groups -OCH3 is 1. The highest BCUT2D eigenvalue weighted by Gasteiger charge is 2.31. The van der Waals surface area contributed by atoms with Crippen molar-refractivity contribution in [2.45, 2.75) is 44.2 Å². The van der Waals surface area contributed by atoms with Crippen LogP contribution in [0, 0.1) is 5.92 Å². The Balaban J connectivity index is 2.12. The maximum Gasteiger partial charge on any atom is 0.0931 e. The molecule has 102 valence electrons. The Morgan fingerprint density at radius 1 is 1.39 bits per heavy atom. The van der Waals surface area contributed by atoms with Gasteiger partial charge in [0.2, 0.25) is 0 Å². The highest BCUT2D eigenvalue weighted by molar-refractivity contribution is 7.16. The summed E-state index contributed by atoms with van der Waals surface area (Å²) in [6.45, 7) is 0. The summed E-state index contributed by atoms with van der Waals surface area (Å²) in [6.07, 6.45) is 6.54. The zero-order valence-electron chi connectivity index (χ0n) is 10.7. The lowest BCUT2D eigenvalue weighted by molar-refractivity contribution is 0.00838. The molecule has 0 saturated heterocycles. The van der Waals surface area contributed by atoms with Gasteiger partial charge in [0.05, 0.1) is 16.5 Å². The molecule has 1 fully saturated rings. The van der Waals surface area contributed by atoms with Gasteiger partial charge in [0.15, 0.2) is 0 Å². The first kappa shape index (κ1) is 14.3. The highest BCUT2D eigenvalue weighted by atomic mass is 35.5. The molecule has 3 nitrogen and oxygen atoms in total. The predicted molar refractivity (Wildman–Crippen MR) is 76.8 cm³/mol. The Kier molecular flexibility index (Phi) is 5.45. The van der Waals surface area contributed by atoms with Crippen molar-refractivity contribution in [2.24, 2.45) is 11.8 Å². The molecule has 5 heteroatoms. The smallest absolute Gasteiger partial charge is 0.0931 e. The van der Waals surface area contributed by atoms with Crippen LogP contribution < -0.4 is 11.3 Å². The van der Waals surface area contributed by atoms with Crippen molar-refractivity contribution in [3.63, 3.8) is 0 Å². The van der Waals surface area contributed by atoms with Crippen LogP contribution in [-0.4, -0.2) is 13.2 Å². The summed E-state index contributed by atoms with van der Waals surface area (Å²) in [6, 6.07) is 3.99. The van der Waals surface area contributed by atoms with Crippen LogP contribution in [0.25, 0.3) is 0 Å². The van der Waals surface area contributed by atoms with Crippen LogP contribution >= 0.6 is 22.9 Å². The first-order valence-electron chi connectivity index (χ1n) is 6.50. The average Bonchev–Trinajstić information content (AvgIpc) is 2.83. The number of nitrogens with one attached hydrogen (secondary N) is 1. The SMILES string of the molecule is COC(C1CCCCC1)C(NN)c1ccc(Cl)s1. The van der Waals surface area contributed by atoms with E-state index in [9.17, 15) is 0 Å². The zero-order valence-corrected chi connectivity index (χ0v) is 12.3. The van der Waals surface area contributed by atoms with E-state index in [1.807, 2.05) is 12.1 Å². The molecule has 3 N–H and O–H groups in total. The van der Waals surface area contributed by atoms with Crippen molar-refractivity contribution in [1.82, 2.24) is 5.43 Å². The van der Waals surface area contributed by atoms with Gasteiger partial charge in [-0.2, -0.15) is 0 Å². The molecular weight excluding hydrogens is 268 g/mol. The summed E-state index contributed by atoms with van der Waals surface area (Å²) in [7, 11) is 1.78. The van der Waals surface area contributed by atoms with Crippen LogP contribution in [0.5, 0.6) is 0 Å². The van der Waals surface area contributed by atoms with Gasteiger partial charge < -0.3 is 4.74 Å². The van der Waals surface area contributed by atoms with Gasteiger partial charge in [-0.05, 0) is 30.9 Å². The summed E-state index contributed by atoms with van der Waals surface area (Å²) in [5.41, 5.74) is 2.91. The number of hydrogen-bond donors (Lipinski definition) is 2. The molecular formula is C13H21ClN2OS. The molecule has 0 radical (unpaired) electrons. The molecule has 2 unspecified atom stereocenters. The number of hydrazine groups is 1. The van der Waals surface area contributed by atoms with Crippen LogP contribution in [0.4, 0.5) is 0 Å². The predicted octanol–water partition coefficient (Wildman–Crippen LogP) is 3.50. The van der Waals surface area contributed by atoms with Crippen LogP contribution in [0.3, 0.4) is 0 Å². The molecule has 1 aromatic rings. The second-order valence-electron chi connectivity index (χ2n) is 4.88. The van der Waals surface area contributed by atoms with Gasteiger partial charge in [0.1, 0.15) is 0 Å². The number of halogens is 1. The number of rotatable bonds is 5. The second kappa shape index (κ2) is 6.87. The van der Waals surface area contributed by atoms with Gasteiger partial charge in [0.25, 0.3) is 0 Å². The molecule has 0 spiro atoms. The fourth-order valence-corrected chi connectivity index (χ4v) is 4.05. The topological polar surface area (TPSA) is 47.3 Å². The van der Waals surface area contributed by atoms with Crippen LogP contribution in [0.1, 0.15) is 43.0 Å². The minimum atomic E-state index is 0.0376. The molecule has 1 aliphatic rings. The molecule has 2 atom stereocenters. The van der Waals surface area contributed by atoms with Gasteiger partial charge in [-0.1, -0.05) is 30.9 Å². The van der Waals surface area contributed by atoms with E-state index in [-0.39, 0.29) is 12.1 Å². The Labute approximate surface area is 118 Å². The number of nitrogens with two attached hydrogens (primary N) is 1. The van der Waals surface area contributed by atoms with E-state index in [1.165, 1.54) is 32.1 Å². The lowest BCUT2D eigenvalue weighted by atomic mass is 9.82. The summed E-state index contributed by atoms with van der Waals surface area (Å²) >= 11 is 7.58. The van der Waals surface area contributed by atoms with Crippen molar-refractivity contribution in [3.05, 3.63) is 21.3 Å². The Morgan fingerprint density at radius 3 is 2.61 bits per heavy atom. The standard InChI is InChI=1S/C13H21ClN2OS/c1-17-13(9-5-3-2-4-6-9)12(16-15)10-7-8-11(14)18-10/h7-9,12-13,16H,2-6,15H2,1H3. The quantitative estimate of drug-likeness (QED) is 0.644. The van der Waals surface area contributed by atoms with Crippen molar-refractivity contribution in [2.75, 3.05) is 7.11 Å². The normalized spacial score (nSPS) is 20.8. The zero-order chi connectivity index (χ0) is 13.0. The molecule has 1 heterocycles. The molecule has 18 heavy (non-hydrogen) atoms. The minimum Gasteiger partial charge on any atom is -0.379 e. The Bertz CT molecular complexity index is 366. The van der Waals surface area contributed by atoms with Crippen molar-refractivity contribution < 1.29 is 4.74 Å². The fraction of sp³-hybridized carbons (Fsp3) is 0.692. The van der Waals surface area contributed by atoms with Gasteiger partial charge >= 0.3 is 0 Å². The lowest BCUT2D eigenvalue weighted by Crippen LogP contribution is -2.41. The number of hydrogen-bond acceptors (Lipinski definition) is 4. The van der Waals surface area contributed by atoms with Crippen molar-refractivity contribution >= 4 is 22.9 Å². The lowest BCUT2D eigenvalue weighted by Gasteiger charge is -2.34. The van der Waals surface area contributed by atoms with E-state index in [2.05, 4.69) is 5.43 Å². The van der Waals surface area contributed by atoms with E-state index in [0.29, 0.717) is 5.92 Å². The van der Waals surface area contributed by atoms with Crippen molar-refractivity contribution in [3.8, 4) is 0 Å². The maximum absolute atomic E-state index is 6.00. The van der Waals surface area contributed by atoms with E-state index < -0.39 is 0 Å². The molecule has 0 amide bonds. The van der Waals surface area contributed by atoms with E-state index in [1.54, 1.807) is 18.4 Å². The summed E-state index contributed by atoms with van der Waals surface area (Å²) in [5, 5.41) is 0. The van der Waals surface area contributed by atoms with Crippen LogP contribution in [-0.2, 0) is 4.74 Å². The highest BCUT2D eigenvalue weighted by Crippen LogP contribution is 2.36. The molecule has 0 aliphatic heterocycles. The first-order chi connectivity index (χ1) is 8.76. The molecule has 0 bridgehead atoms. The van der Waals surface area contributed by atoms with Crippen LogP contribution in [0.2, 0.25) is 4.34 Å². The average molecular weight is 289 g/mol. The largest absolute Gasteiger partial charge is 0.379 e. The van der Waals surface area contributed by atoms with Gasteiger partial charge in [0, 0.05) is 12.0 Å². The first-order valence-corrected chi connectivity index (χ1v) is 7.70. The third kappa shape index (κ3) is 3.25. The summed E-state index contributed by atoms with van der Waals surface area (Å²) in [4.78, 5) is 1.15. The van der Waals surface area contributed by atoms with Crippen LogP contribution in [0.15, 0.2) is 12.1 Å². The van der Waals surface area contributed by atoms with E-state index in [0.717, 1.165) is 9.21 Å². The van der Waals surface area contributed by atoms with Gasteiger partial charge in [-0.25, -0.2) is 5.43 Å². The van der Waals surface area contributed by atoms with E-state index >= 15 is 0 Å². The summed E-state index contributed by atoms with van der Waals surface area (Å²) < 4.78 is 6.52. The summed E-state index contributed by atoms with van der Waals surface area (Å²) in [5.74, 6) is 6.32. The molecule has 2 rings (SSSR count). The number of thiophene rings is 1. The molecule has 1 aliphatic carbocycles. The maximum atomic E-state index is 6.00. The third-order valence-corrected chi connectivity index (χ3v) is 5.11. The van der Waals surface area contributed by atoms with E-state index in [4.69, 9.17) is 22.2 Å². The van der Waals surface area contributed by atoms with Gasteiger partial charge in [-0.3, -0.25) is 5.84 Å².